The van der Waals surface area contributed by atoms with Gasteiger partial charge in [0, 0.05) is 5.56 Å². The van der Waals surface area contributed by atoms with Gasteiger partial charge >= 0.3 is 0 Å². The molecule has 0 saturated carbocycles. The molecule has 0 unspecified atom stereocenters. The lowest BCUT2D eigenvalue weighted by Gasteiger charge is -2.36. The standard InChI is InChI=1S/C18H22FN3OS/c1-18(2)8-15(21-17(23)11-24-3)14-10-20-22(16(14)9-18)13-6-4-12(19)5-7-13/h4-7,10,15H,8-9,11H2,1-3H3,(H,21,23)/t15-/m0/s1. The molecule has 0 radical (unpaired) electrons. The molecule has 0 saturated heterocycles. The van der Waals surface area contributed by atoms with E-state index < -0.39 is 0 Å². The van der Waals surface area contributed by atoms with Crippen LogP contribution in [0, 0.1) is 11.2 Å². The summed E-state index contributed by atoms with van der Waals surface area (Å²) in [6.45, 7) is 4.40. The Hall–Kier alpha value is -1.82. The molecule has 2 aromatic rings. The number of carbonyl (C=O) groups is 1. The molecule has 3 rings (SSSR count). The average molecular weight is 347 g/mol. The van der Waals surface area contributed by atoms with E-state index in [4.69, 9.17) is 0 Å². The Bertz CT molecular complexity index is 739. The maximum atomic E-state index is 13.2. The van der Waals surface area contributed by atoms with E-state index in [1.165, 1.54) is 23.9 Å². The van der Waals surface area contributed by atoms with E-state index in [2.05, 4.69) is 24.3 Å². The molecule has 1 N–H and O–H groups in total. The number of benzene rings is 1. The number of fused-ring (bicyclic) bond motifs is 1. The Morgan fingerprint density at radius 2 is 2.12 bits per heavy atom. The first-order chi connectivity index (χ1) is 11.4. The van der Waals surface area contributed by atoms with E-state index in [1.54, 1.807) is 12.1 Å². The largest absolute Gasteiger partial charge is 0.348 e. The zero-order valence-corrected chi connectivity index (χ0v) is 15.0. The van der Waals surface area contributed by atoms with E-state index >= 15 is 0 Å². The number of aromatic nitrogens is 2. The van der Waals surface area contributed by atoms with E-state index in [-0.39, 0.29) is 23.2 Å². The molecule has 1 aromatic heterocycles. The molecule has 24 heavy (non-hydrogen) atoms. The first-order valence-electron chi connectivity index (χ1n) is 8.01. The second kappa shape index (κ2) is 6.59. The molecule has 128 valence electrons. The highest BCUT2D eigenvalue weighted by Crippen LogP contribution is 2.41. The van der Waals surface area contributed by atoms with Crippen molar-refractivity contribution in [3.63, 3.8) is 0 Å². The molecular formula is C18H22FN3OS. The number of rotatable bonds is 4. The minimum Gasteiger partial charge on any atom is -0.348 e. The molecule has 1 atom stereocenters. The molecule has 1 heterocycles. The van der Waals surface area contributed by atoms with Crippen molar-refractivity contribution in [2.24, 2.45) is 5.41 Å². The SMILES string of the molecule is CSCC(=O)N[C@H]1CC(C)(C)Cc2c1cnn2-c1ccc(F)cc1. The number of nitrogens with one attached hydrogen (secondary N) is 1. The van der Waals surface area contributed by atoms with Crippen LogP contribution in [0.1, 0.15) is 37.6 Å². The van der Waals surface area contributed by atoms with E-state index in [0.29, 0.717) is 5.75 Å². The molecule has 0 spiro atoms. The maximum Gasteiger partial charge on any atom is 0.230 e. The van der Waals surface area contributed by atoms with Gasteiger partial charge < -0.3 is 5.32 Å². The van der Waals surface area contributed by atoms with Crippen molar-refractivity contribution in [3.8, 4) is 5.69 Å². The van der Waals surface area contributed by atoms with Crippen molar-refractivity contribution in [2.45, 2.75) is 32.7 Å². The molecule has 4 nitrogen and oxygen atoms in total. The molecule has 0 fully saturated rings. The van der Waals surface area contributed by atoms with Gasteiger partial charge in [-0.15, -0.1) is 0 Å². The van der Waals surface area contributed by atoms with Crippen LogP contribution < -0.4 is 5.32 Å². The van der Waals surface area contributed by atoms with Crippen LogP contribution in [-0.2, 0) is 11.2 Å². The fraction of sp³-hybridized carbons (Fsp3) is 0.444. The molecule has 0 aliphatic heterocycles. The normalized spacial score (nSPS) is 18.9. The first-order valence-corrected chi connectivity index (χ1v) is 9.40. The highest BCUT2D eigenvalue weighted by Gasteiger charge is 2.35. The van der Waals surface area contributed by atoms with Gasteiger partial charge in [-0.1, -0.05) is 13.8 Å². The summed E-state index contributed by atoms with van der Waals surface area (Å²) in [5.41, 5.74) is 3.05. The Kier molecular flexibility index (Phi) is 4.67. The van der Waals surface area contributed by atoms with Crippen LogP contribution in [0.5, 0.6) is 0 Å². The number of hydrogen-bond acceptors (Lipinski definition) is 3. The van der Waals surface area contributed by atoms with Crippen molar-refractivity contribution >= 4 is 17.7 Å². The van der Waals surface area contributed by atoms with Gasteiger partial charge in [-0.3, -0.25) is 4.79 Å². The smallest absolute Gasteiger partial charge is 0.230 e. The van der Waals surface area contributed by atoms with Gasteiger partial charge in [-0.2, -0.15) is 16.9 Å². The predicted octanol–water partition coefficient (Wildman–Crippen LogP) is 3.50. The van der Waals surface area contributed by atoms with E-state index in [0.717, 1.165) is 29.8 Å². The van der Waals surface area contributed by atoms with Crippen LogP contribution in [-0.4, -0.2) is 27.7 Å². The summed E-state index contributed by atoms with van der Waals surface area (Å²) in [6, 6.07) is 6.30. The Balaban J connectivity index is 1.96. The molecular weight excluding hydrogens is 325 g/mol. The Morgan fingerprint density at radius 1 is 1.42 bits per heavy atom. The van der Waals surface area contributed by atoms with E-state index in [1.807, 2.05) is 17.1 Å². The number of halogens is 1. The first kappa shape index (κ1) is 17.0. The zero-order chi connectivity index (χ0) is 17.3. The lowest BCUT2D eigenvalue weighted by molar-refractivity contribution is -0.119. The van der Waals surface area contributed by atoms with Crippen LogP contribution in [0.25, 0.3) is 5.69 Å². The molecule has 1 aromatic carbocycles. The summed E-state index contributed by atoms with van der Waals surface area (Å²) in [5.74, 6) is 0.242. The van der Waals surface area contributed by atoms with Crippen molar-refractivity contribution in [1.29, 1.82) is 0 Å². The highest BCUT2D eigenvalue weighted by molar-refractivity contribution is 7.99. The Morgan fingerprint density at radius 3 is 2.79 bits per heavy atom. The van der Waals surface area contributed by atoms with Gasteiger partial charge in [-0.25, -0.2) is 9.07 Å². The number of carbonyl (C=O) groups excluding carboxylic acids is 1. The molecule has 1 amide bonds. The summed E-state index contributed by atoms with van der Waals surface area (Å²) in [6.07, 6.45) is 5.50. The summed E-state index contributed by atoms with van der Waals surface area (Å²) < 4.78 is 15.1. The third kappa shape index (κ3) is 3.48. The maximum absolute atomic E-state index is 13.2. The lowest BCUT2D eigenvalue weighted by atomic mass is 9.74. The third-order valence-electron chi connectivity index (χ3n) is 4.36. The predicted molar refractivity (Wildman–Crippen MR) is 94.9 cm³/mol. The summed E-state index contributed by atoms with van der Waals surface area (Å²) in [4.78, 5) is 12.0. The van der Waals surface area contributed by atoms with Crippen molar-refractivity contribution in [1.82, 2.24) is 15.1 Å². The number of nitrogens with zero attached hydrogens (tertiary/aromatic N) is 2. The van der Waals surface area contributed by atoms with E-state index in [9.17, 15) is 9.18 Å². The average Bonchev–Trinajstić information content (AvgIpc) is 2.90. The highest BCUT2D eigenvalue weighted by atomic mass is 32.2. The fourth-order valence-electron chi connectivity index (χ4n) is 3.34. The van der Waals surface area contributed by atoms with Crippen molar-refractivity contribution in [3.05, 3.63) is 47.5 Å². The fourth-order valence-corrected chi connectivity index (χ4v) is 3.69. The molecule has 0 bridgehead atoms. The van der Waals surface area contributed by atoms with Crippen molar-refractivity contribution < 1.29 is 9.18 Å². The van der Waals surface area contributed by atoms with Crippen LogP contribution in [0.2, 0.25) is 0 Å². The summed E-state index contributed by atoms with van der Waals surface area (Å²) >= 11 is 1.51. The quantitative estimate of drug-likeness (QED) is 0.921. The second-order valence-corrected chi connectivity index (χ2v) is 7.90. The molecule has 6 heteroatoms. The van der Waals surface area contributed by atoms with Crippen LogP contribution in [0.3, 0.4) is 0 Å². The summed E-state index contributed by atoms with van der Waals surface area (Å²) in [7, 11) is 0. The summed E-state index contributed by atoms with van der Waals surface area (Å²) in [5, 5.41) is 7.64. The second-order valence-electron chi connectivity index (χ2n) is 7.03. The lowest BCUT2D eigenvalue weighted by Crippen LogP contribution is -2.37. The number of hydrogen-bond donors (Lipinski definition) is 1. The van der Waals surface area contributed by atoms with Gasteiger partial charge in [0.15, 0.2) is 0 Å². The zero-order valence-electron chi connectivity index (χ0n) is 14.2. The van der Waals surface area contributed by atoms with Gasteiger partial charge in [0.05, 0.1) is 29.4 Å². The van der Waals surface area contributed by atoms with Gasteiger partial charge in [-0.05, 0) is 48.8 Å². The third-order valence-corrected chi connectivity index (χ3v) is 4.91. The minimum atomic E-state index is -0.262. The Labute approximate surface area is 145 Å². The van der Waals surface area contributed by atoms with Crippen LogP contribution in [0.15, 0.2) is 30.5 Å². The topological polar surface area (TPSA) is 46.9 Å². The molecule has 1 aliphatic rings. The van der Waals surface area contributed by atoms with Gasteiger partial charge in [0.25, 0.3) is 0 Å². The number of amides is 1. The van der Waals surface area contributed by atoms with Gasteiger partial charge in [0.2, 0.25) is 5.91 Å². The monoisotopic (exact) mass is 347 g/mol. The molecule has 1 aliphatic carbocycles. The van der Waals surface area contributed by atoms with Crippen molar-refractivity contribution in [2.75, 3.05) is 12.0 Å². The van der Waals surface area contributed by atoms with Crippen LogP contribution >= 0.6 is 11.8 Å². The minimum absolute atomic E-state index is 0.0300. The number of thioether (sulfide) groups is 1. The van der Waals surface area contributed by atoms with Gasteiger partial charge in [0.1, 0.15) is 5.82 Å². The van der Waals surface area contributed by atoms with Crippen LogP contribution in [0.4, 0.5) is 4.39 Å².